The average molecular weight is 284 g/mol. The lowest BCUT2D eigenvalue weighted by Crippen LogP contribution is -2.38. The first-order chi connectivity index (χ1) is 10.2. The summed E-state index contributed by atoms with van der Waals surface area (Å²) in [6.45, 7) is 3.80. The third-order valence-electron chi connectivity index (χ3n) is 4.03. The molecule has 0 spiro atoms. The summed E-state index contributed by atoms with van der Waals surface area (Å²) in [4.78, 5) is 6.97. The highest BCUT2D eigenvalue weighted by atomic mass is 16.5. The van der Waals surface area contributed by atoms with Crippen molar-refractivity contribution in [1.29, 1.82) is 0 Å². The van der Waals surface area contributed by atoms with E-state index in [1.807, 2.05) is 12.1 Å². The number of methoxy groups -OCH3 is 2. The predicted molar refractivity (Wildman–Crippen MR) is 84.2 cm³/mol. The lowest BCUT2D eigenvalue weighted by molar-refractivity contribution is 0.344. The smallest absolute Gasteiger partial charge is 0.164 e. The van der Waals surface area contributed by atoms with E-state index < -0.39 is 0 Å². The van der Waals surface area contributed by atoms with Gasteiger partial charge in [-0.2, -0.15) is 0 Å². The Morgan fingerprint density at radius 3 is 2.86 bits per heavy atom. The third-order valence-corrected chi connectivity index (χ3v) is 4.03. The predicted octanol–water partition coefficient (Wildman–Crippen LogP) is 2.98. The van der Waals surface area contributed by atoms with Crippen molar-refractivity contribution in [1.82, 2.24) is 4.90 Å². The molecule has 0 amide bonds. The maximum absolute atomic E-state index is 5.56. The molecule has 1 unspecified atom stereocenters. The normalized spacial score (nSPS) is 20.5. The minimum atomic E-state index is 0.300. The van der Waals surface area contributed by atoms with Gasteiger partial charge in [0.2, 0.25) is 0 Å². The second-order valence-electron chi connectivity index (χ2n) is 5.26. The molecule has 2 heterocycles. The van der Waals surface area contributed by atoms with Crippen LogP contribution in [0.1, 0.15) is 18.4 Å². The van der Waals surface area contributed by atoms with Gasteiger partial charge in [0.1, 0.15) is 5.84 Å². The average Bonchev–Trinajstić information content (AvgIpc) is 2.54. The molecule has 1 atom stereocenters. The van der Waals surface area contributed by atoms with Gasteiger partial charge in [-0.05, 0) is 25.1 Å². The second-order valence-corrected chi connectivity index (χ2v) is 5.26. The zero-order valence-electron chi connectivity index (χ0n) is 12.7. The fourth-order valence-corrected chi connectivity index (χ4v) is 2.92. The molecular formula is C17H20N2O2. The summed E-state index contributed by atoms with van der Waals surface area (Å²) >= 11 is 0. The number of allylic oxidation sites excluding steroid dienone is 3. The van der Waals surface area contributed by atoms with Gasteiger partial charge >= 0.3 is 0 Å². The maximum Gasteiger partial charge on any atom is 0.164 e. The zero-order chi connectivity index (χ0) is 14.8. The lowest BCUT2D eigenvalue weighted by atomic mass is 9.95. The van der Waals surface area contributed by atoms with Gasteiger partial charge in [0.05, 0.1) is 14.2 Å². The molecule has 0 bridgehead atoms. The van der Waals surface area contributed by atoms with E-state index in [2.05, 4.69) is 36.1 Å². The maximum atomic E-state index is 5.56. The first-order valence-corrected chi connectivity index (χ1v) is 7.12. The minimum Gasteiger partial charge on any atom is -0.493 e. The number of rotatable bonds is 3. The molecule has 0 aromatic heterocycles. The number of nitrogens with zero attached hydrogens (tertiary/aromatic N) is 2. The number of hydrogen-bond acceptors (Lipinski definition) is 4. The monoisotopic (exact) mass is 284 g/mol. The molecular weight excluding hydrogens is 264 g/mol. The van der Waals surface area contributed by atoms with Crippen molar-refractivity contribution in [2.45, 2.75) is 12.8 Å². The fourth-order valence-electron chi connectivity index (χ4n) is 2.92. The van der Waals surface area contributed by atoms with Crippen LogP contribution in [0.4, 0.5) is 0 Å². The van der Waals surface area contributed by atoms with E-state index in [0.717, 1.165) is 36.0 Å². The summed E-state index contributed by atoms with van der Waals surface area (Å²) in [6.07, 6.45) is 6.23. The van der Waals surface area contributed by atoms with Crippen molar-refractivity contribution in [3.63, 3.8) is 0 Å². The van der Waals surface area contributed by atoms with E-state index in [1.54, 1.807) is 14.2 Å². The Labute approximate surface area is 125 Å². The number of benzene rings is 1. The van der Waals surface area contributed by atoms with Crippen LogP contribution in [-0.2, 0) is 0 Å². The second kappa shape index (κ2) is 5.64. The largest absolute Gasteiger partial charge is 0.493 e. The third kappa shape index (κ3) is 2.42. The molecule has 0 saturated heterocycles. The highest BCUT2D eigenvalue weighted by molar-refractivity contribution is 5.96. The quantitative estimate of drug-likeness (QED) is 0.855. The van der Waals surface area contributed by atoms with E-state index in [9.17, 15) is 0 Å². The summed E-state index contributed by atoms with van der Waals surface area (Å²) in [5.74, 6) is 2.94. The molecule has 0 N–H and O–H groups in total. The Hall–Kier alpha value is -2.23. The molecule has 0 saturated carbocycles. The Morgan fingerprint density at radius 2 is 2.10 bits per heavy atom. The van der Waals surface area contributed by atoms with Gasteiger partial charge < -0.3 is 14.4 Å². The Bertz CT molecular complexity index is 632. The Kier molecular flexibility index (Phi) is 3.69. The Morgan fingerprint density at radius 1 is 1.24 bits per heavy atom. The molecule has 21 heavy (non-hydrogen) atoms. The highest BCUT2D eigenvalue weighted by Crippen LogP contribution is 2.37. The summed E-state index contributed by atoms with van der Waals surface area (Å²) < 4.78 is 11.0. The van der Waals surface area contributed by atoms with Crippen LogP contribution in [0.2, 0.25) is 0 Å². The summed E-state index contributed by atoms with van der Waals surface area (Å²) in [7, 11) is 3.36. The molecule has 4 nitrogen and oxygen atoms in total. The van der Waals surface area contributed by atoms with Crippen molar-refractivity contribution in [2.75, 3.05) is 27.3 Å². The van der Waals surface area contributed by atoms with Crippen LogP contribution in [-0.4, -0.2) is 38.0 Å². The zero-order valence-corrected chi connectivity index (χ0v) is 12.7. The van der Waals surface area contributed by atoms with Crippen LogP contribution in [0.25, 0.3) is 0 Å². The van der Waals surface area contributed by atoms with Crippen molar-refractivity contribution in [3.8, 4) is 11.5 Å². The van der Waals surface area contributed by atoms with Crippen LogP contribution < -0.4 is 9.47 Å². The van der Waals surface area contributed by atoms with Crippen LogP contribution in [0.15, 0.2) is 47.1 Å². The van der Waals surface area contributed by atoms with Gasteiger partial charge in [-0.15, -0.1) is 0 Å². The van der Waals surface area contributed by atoms with Crippen molar-refractivity contribution < 1.29 is 9.47 Å². The van der Waals surface area contributed by atoms with Crippen molar-refractivity contribution >= 4 is 5.84 Å². The van der Waals surface area contributed by atoms with E-state index >= 15 is 0 Å². The van der Waals surface area contributed by atoms with Crippen LogP contribution in [0.3, 0.4) is 0 Å². The number of ether oxygens (including phenoxy) is 2. The fraction of sp³-hybridized carbons (Fsp3) is 0.353. The molecule has 2 aliphatic heterocycles. The summed E-state index contributed by atoms with van der Waals surface area (Å²) in [5, 5.41) is 0. The molecule has 4 heteroatoms. The summed E-state index contributed by atoms with van der Waals surface area (Å²) in [6, 6.07) is 6.04. The first-order valence-electron chi connectivity index (χ1n) is 7.12. The number of fused-ring (bicyclic) bond motifs is 1. The number of hydrogen-bond donors (Lipinski definition) is 0. The van der Waals surface area contributed by atoms with Crippen molar-refractivity contribution in [3.05, 3.63) is 47.7 Å². The van der Waals surface area contributed by atoms with Gasteiger partial charge in [0.25, 0.3) is 0 Å². The molecule has 110 valence electrons. The molecule has 0 radical (unpaired) electrons. The van der Waals surface area contributed by atoms with Gasteiger partial charge in [-0.3, -0.25) is 4.99 Å². The molecule has 2 aliphatic rings. The lowest BCUT2D eigenvalue weighted by Gasteiger charge is -2.35. The summed E-state index contributed by atoms with van der Waals surface area (Å²) in [5.41, 5.74) is 2.38. The van der Waals surface area contributed by atoms with Crippen LogP contribution in [0.5, 0.6) is 11.5 Å². The Balaban J connectivity index is 1.95. The molecule has 1 aromatic carbocycles. The molecule has 0 fully saturated rings. The van der Waals surface area contributed by atoms with E-state index in [4.69, 9.17) is 14.5 Å². The minimum absolute atomic E-state index is 0.300. The van der Waals surface area contributed by atoms with Gasteiger partial charge in [-0.25, -0.2) is 0 Å². The SMILES string of the molecule is COc1cccc(C2CN=C3C=CC=C(C)N3C2)c1OC. The molecule has 0 aliphatic carbocycles. The van der Waals surface area contributed by atoms with E-state index in [-0.39, 0.29) is 0 Å². The standard InChI is InChI=1S/C17H20N2O2/c1-12-6-4-9-16-18-10-13(11-19(12)16)14-7-5-8-15(20-2)17(14)21-3/h4-9,13H,10-11H2,1-3H3. The van der Waals surface area contributed by atoms with Crippen LogP contribution in [0, 0.1) is 0 Å². The topological polar surface area (TPSA) is 34.1 Å². The molecule has 1 aromatic rings. The highest BCUT2D eigenvalue weighted by Gasteiger charge is 2.27. The van der Waals surface area contributed by atoms with E-state index in [1.165, 1.54) is 5.70 Å². The van der Waals surface area contributed by atoms with Gasteiger partial charge in [-0.1, -0.05) is 18.2 Å². The molecule has 3 rings (SSSR count). The van der Waals surface area contributed by atoms with Crippen LogP contribution >= 0.6 is 0 Å². The van der Waals surface area contributed by atoms with Gasteiger partial charge in [0.15, 0.2) is 11.5 Å². The number of aliphatic imine (C=N–C) groups is 1. The number of amidine groups is 1. The van der Waals surface area contributed by atoms with Gasteiger partial charge in [0, 0.05) is 30.3 Å². The van der Waals surface area contributed by atoms with E-state index in [0.29, 0.717) is 5.92 Å². The first kappa shape index (κ1) is 13.7. The van der Waals surface area contributed by atoms with Crippen molar-refractivity contribution in [2.24, 2.45) is 4.99 Å². The number of para-hydroxylation sites is 1.